The van der Waals surface area contributed by atoms with E-state index in [9.17, 15) is 14.9 Å². The molecule has 0 atom stereocenters. The normalized spacial score (nSPS) is 10.7. The maximum Gasteiger partial charge on any atom is 0.337 e. The Morgan fingerprint density at radius 2 is 1.90 bits per heavy atom. The van der Waals surface area contributed by atoms with Crippen molar-refractivity contribution >= 4 is 46.2 Å². The van der Waals surface area contributed by atoms with E-state index in [4.69, 9.17) is 9.47 Å². The Labute approximate surface area is 182 Å². The predicted octanol–water partition coefficient (Wildman–Crippen LogP) is 4.03. The molecule has 2 aromatic carbocycles. The zero-order valence-corrected chi connectivity index (χ0v) is 18.3. The first-order valence-electron chi connectivity index (χ1n) is 8.55. The highest BCUT2D eigenvalue weighted by molar-refractivity contribution is 14.1. The van der Waals surface area contributed by atoms with Crippen molar-refractivity contribution in [1.82, 2.24) is 0 Å². The van der Waals surface area contributed by atoms with Crippen LogP contribution in [0.25, 0.3) is 6.08 Å². The molecule has 0 radical (unpaired) electrons. The van der Waals surface area contributed by atoms with Crippen LogP contribution in [-0.2, 0) is 9.53 Å². The van der Waals surface area contributed by atoms with Gasteiger partial charge >= 0.3 is 5.97 Å². The van der Waals surface area contributed by atoms with Gasteiger partial charge in [0.25, 0.3) is 5.91 Å². The standard InChI is InChI=1S/C21H19IN2O5/c1-4-29-19-17(22)10-13(11-18(19)27-2)9-15(12-23)20(25)24-16-7-5-14(6-8-16)21(26)28-3/h5-11H,4H2,1-3H3,(H,24,25)/b15-9+. The average Bonchev–Trinajstić information content (AvgIpc) is 2.73. The van der Waals surface area contributed by atoms with Crippen LogP contribution in [0, 0.1) is 14.9 Å². The molecule has 29 heavy (non-hydrogen) atoms. The van der Waals surface area contributed by atoms with E-state index in [1.165, 1.54) is 32.4 Å². The molecule has 1 amide bonds. The molecular weight excluding hydrogens is 487 g/mol. The van der Waals surface area contributed by atoms with Crippen LogP contribution in [0.5, 0.6) is 11.5 Å². The lowest BCUT2D eigenvalue weighted by Crippen LogP contribution is -2.13. The summed E-state index contributed by atoms with van der Waals surface area (Å²) in [4.78, 5) is 23.9. The van der Waals surface area contributed by atoms with E-state index in [0.29, 0.717) is 34.9 Å². The number of hydrogen-bond donors (Lipinski definition) is 1. The number of ether oxygens (including phenoxy) is 3. The number of esters is 1. The number of anilines is 1. The Morgan fingerprint density at radius 3 is 2.45 bits per heavy atom. The highest BCUT2D eigenvalue weighted by atomic mass is 127. The van der Waals surface area contributed by atoms with Crippen LogP contribution in [0.4, 0.5) is 5.69 Å². The zero-order valence-electron chi connectivity index (χ0n) is 16.1. The van der Waals surface area contributed by atoms with Crippen LogP contribution in [0.1, 0.15) is 22.8 Å². The van der Waals surface area contributed by atoms with E-state index in [-0.39, 0.29) is 5.57 Å². The predicted molar refractivity (Wildman–Crippen MR) is 117 cm³/mol. The van der Waals surface area contributed by atoms with Gasteiger partial charge in [0.05, 0.1) is 30.0 Å². The van der Waals surface area contributed by atoms with E-state index >= 15 is 0 Å². The van der Waals surface area contributed by atoms with Crippen molar-refractivity contribution in [2.45, 2.75) is 6.92 Å². The molecule has 0 spiro atoms. The molecule has 2 rings (SSSR count). The molecule has 0 heterocycles. The summed E-state index contributed by atoms with van der Waals surface area (Å²) in [6.07, 6.45) is 1.47. The number of nitriles is 1. The van der Waals surface area contributed by atoms with Gasteiger partial charge < -0.3 is 19.5 Å². The van der Waals surface area contributed by atoms with Crippen molar-refractivity contribution in [3.8, 4) is 17.6 Å². The smallest absolute Gasteiger partial charge is 0.337 e. The van der Waals surface area contributed by atoms with Gasteiger partial charge in [-0.1, -0.05) is 0 Å². The Hall–Kier alpha value is -3.06. The zero-order chi connectivity index (χ0) is 21.4. The van der Waals surface area contributed by atoms with Crippen molar-refractivity contribution < 1.29 is 23.8 Å². The summed E-state index contributed by atoms with van der Waals surface area (Å²) in [7, 11) is 2.82. The van der Waals surface area contributed by atoms with Gasteiger partial charge in [-0.2, -0.15) is 5.26 Å². The number of amides is 1. The van der Waals surface area contributed by atoms with E-state index in [1.807, 2.05) is 13.0 Å². The molecular formula is C21H19IN2O5. The monoisotopic (exact) mass is 506 g/mol. The number of methoxy groups -OCH3 is 2. The molecule has 0 saturated carbocycles. The van der Waals surface area contributed by atoms with E-state index in [1.54, 1.807) is 24.3 Å². The van der Waals surface area contributed by atoms with Crippen molar-refractivity contribution in [2.75, 3.05) is 26.1 Å². The molecule has 1 N–H and O–H groups in total. The third kappa shape index (κ3) is 5.71. The summed E-state index contributed by atoms with van der Waals surface area (Å²) < 4.78 is 16.4. The lowest BCUT2D eigenvalue weighted by molar-refractivity contribution is -0.112. The van der Waals surface area contributed by atoms with E-state index < -0.39 is 11.9 Å². The second-order valence-electron chi connectivity index (χ2n) is 5.66. The number of hydrogen-bond acceptors (Lipinski definition) is 6. The number of benzene rings is 2. The Kier molecular flexibility index (Phi) is 8.03. The summed E-state index contributed by atoms with van der Waals surface area (Å²) in [5.41, 5.74) is 1.35. The van der Waals surface area contributed by atoms with Gasteiger partial charge in [0.2, 0.25) is 0 Å². The number of carbonyl (C=O) groups is 2. The molecule has 0 aliphatic heterocycles. The minimum absolute atomic E-state index is 0.0796. The second kappa shape index (κ2) is 10.5. The van der Waals surface area contributed by atoms with Crippen LogP contribution in [0.15, 0.2) is 42.0 Å². The average molecular weight is 506 g/mol. The minimum atomic E-state index is -0.568. The first-order valence-corrected chi connectivity index (χ1v) is 9.63. The molecule has 0 aromatic heterocycles. The first kappa shape index (κ1) is 22.2. The summed E-state index contributed by atoms with van der Waals surface area (Å²) in [5, 5.41) is 12.1. The van der Waals surface area contributed by atoms with Crippen LogP contribution >= 0.6 is 22.6 Å². The Morgan fingerprint density at radius 1 is 1.21 bits per heavy atom. The number of carbonyl (C=O) groups excluding carboxylic acids is 2. The summed E-state index contributed by atoms with van der Waals surface area (Å²) in [6, 6.07) is 11.6. The second-order valence-corrected chi connectivity index (χ2v) is 6.82. The largest absolute Gasteiger partial charge is 0.493 e. The maximum atomic E-state index is 12.5. The van der Waals surface area contributed by atoms with Crippen LogP contribution in [0.3, 0.4) is 0 Å². The van der Waals surface area contributed by atoms with Crippen molar-refractivity contribution in [3.05, 3.63) is 56.7 Å². The highest BCUT2D eigenvalue weighted by Crippen LogP contribution is 2.34. The van der Waals surface area contributed by atoms with Crippen molar-refractivity contribution in [2.24, 2.45) is 0 Å². The quantitative estimate of drug-likeness (QED) is 0.264. The summed E-state index contributed by atoms with van der Waals surface area (Å²) in [5.74, 6) is 0.0863. The summed E-state index contributed by atoms with van der Waals surface area (Å²) in [6.45, 7) is 2.36. The fourth-order valence-corrected chi connectivity index (χ4v) is 3.21. The van der Waals surface area contributed by atoms with Gasteiger partial charge in [0, 0.05) is 5.69 Å². The van der Waals surface area contributed by atoms with Gasteiger partial charge in [0.15, 0.2) is 11.5 Å². The SMILES string of the molecule is CCOc1c(I)cc(/C=C(\C#N)C(=O)Nc2ccc(C(=O)OC)cc2)cc1OC. The molecule has 8 heteroatoms. The van der Waals surface area contributed by atoms with Gasteiger partial charge in [0.1, 0.15) is 11.6 Å². The lowest BCUT2D eigenvalue weighted by Gasteiger charge is -2.12. The van der Waals surface area contributed by atoms with E-state index in [0.717, 1.165) is 3.57 Å². The molecule has 2 aromatic rings. The first-order chi connectivity index (χ1) is 13.9. The van der Waals surface area contributed by atoms with E-state index in [2.05, 4.69) is 32.6 Å². The molecule has 0 unspecified atom stereocenters. The number of nitrogens with one attached hydrogen (secondary N) is 1. The number of halogens is 1. The third-order valence-electron chi connectivity index (χ3n) is 3.78. The highest BCUT2D eigenvalue weighted by Gasteiger charge is 2.14. The number of rotatable bonds is 7. The van der Waals surface area contributed by atoms with Crippen LogP contribution in [0.2, 0.25) is 0 Å². The van der Waals surface area contributed by atoms with Gasteiger partial charge in [-0.15, -0.1) is 0 Å². The summed E-state index contributed by atoms with van der Waals surface area (Å²) >= 11 is 2.11. The topological polar surface area (TPSA) is 97.7 Å². The minimum Gasteiger partial charge on any atom is -0.493 e. The molecule has 0 bridgehead atoms. The van der Waals surface area contributed by atoms with Gasteiger partial charge in [-0.05, 0) is 77.6 Å². The van der Waals surface area contributed by atoms with Crippen LogP contribution < -0.4 is 14.8 Å². The molecule has 0 fully saturated rings. The Bertz CT molecular complexity index is 978. The molecule has 0 aliphatic carbocycles. The van der Waals surface area contributed by atoms with Gasteiger partial charge in [-0.25, -0.2) is 4.79 Å². The molecule has 0 saturated heterocycles. The van der Waals surface area contributed by atoms with Crippen molar-refractivity contribution in [1.29, 1.82) is 5.26 Å². The molecule has 150 valence electrons. The fourth-order valence-electron chi connectivity index (χ4n) is 2.43. The molecule has 0 aliphatic rings. The van der Waals surface area contributed by atoms with Crippen molar-refractivity contribution in [3.63, 3.8) is 0 Å². The number of nitrogens with zero attached hydrogens (tertiary/aromatic N) is 1. The maximum absolute atomic E-state index is 12.5. The van der Waals surface area contributed by atoms with Gasteiger partial charge in [-0.3, -0.25) is 4.79 Å². The fraction of sp³-hybridized carbons (Fsp3) is 0.190. The van der Waals surface area contributed by atoms with Crippen LogP contribution in [-0.4, -0.2) is 32.7 Å². The molecule has 7 nitrogen and oxygen atoms in total. The third-order valence-corrected chi connectivity index (χ3v) is 4.58. The lowest BCUT2D eigenvalue weighted by atomic mass is 10.1. The Balaban J connectivity index is 2.25.